The fourth-order valence-electron chi connectivity index (χ4n) is 2.96. The Morgan fingerprint density at radius 1 is 1.32 bits per heavy atom. The third-order valence-corrected chi connectivity index (χ3v) is 4.48. The first-order valence-electron chi connectivity index (χ1n) is 8.44. The zero-order valence-corrected chi connectivity index (χ0v) is 14.8. The summed E-state index contributed by atoms with van der Waals surface area (Å²) in [6.07, 6.45) is 3.37. The Morgan fingerprint density at radius 2 is 2.16 bits per heavy atom. The van der Waals surface area contributed by atoms with Gasteiger partial charge in [-0.15, -0.1) is 0 Å². The Bertz CT molecular complexity index is 751. The lowest BCUT2D eigenvalue weighted by molar-refractivity contribution is 0.113. The molecule has 1 aliphatic heterocycles. The Balaban J connectivity index is 1.82. The molecular weight excluding hydrogens is 318 g/mol. The van der Waals surface area contributed by atoms with Gasteiger partial charge in [-0.2, -0.15) is 0 Å². The summed E-state index contributed by atoms with van der Waals surface area (Å²) in [7, 11) is 1.41. The molecule has 0 saturated carbocycles. The summed E-state index contributed by atoms with van der Waals surface area (Å²) >= 11 is 0. The monoisotopic (exact) mass is 341 g/mol. The van der Waals surface area contributed by atoms with E-state index in [4.69, 9.17) is 4.74 Å². The number of nitrogens with one attached hydrogen (secondary N) is 1. The Hall–Kier alpha value is -2.70. The molecule has 7 heteroatoms. The standard InChI is InChI=1S/C18H23N5O2/c1-12-13(2)20-17(15-8-4-5-9-19-15)22-16(12)21-14-7-6-10-23(11-14)18(24)25-3/h4-5,8-9,14H,6-7,10-11H2,1-3H3,(H,20,21,22). The smallest absolute Gasteiger partial charge is 0.409 e. The van der Waals surface area contributed by atoms with Crippen molar-refractivity contribution in [2.45, 2.75) is 32.7 Å². The number of rotatable bonds is 3. The van der Waals surface area contributed by atoms with Gasteiger partial charge in [-0.25, -0.2) is 14.8 Å². The quantitative estimate of drug-likeness (QED) is 0.925. The maximum atomic E-state index is 11.8. The van der Waals surface area contributed by atoms with Crippen LogP contribution in [0.3, 0.4) is 0 Å². The van der Waals surface area contributed by atoms with E-state index in [-0.39, 0.29) is 12.1 Å². The van der Waals surface area contributed by atoms with Crippen molar-refractivity contribution in [1.82, 2.24) is 19.9 Å². The first-order valence-corrected chi connectivity index (χ1v) is 8.44. The molecule has 1 unspecified atom stereocenters. The minimum atomic E-state index is -0.281. The van der Waals surface area contributed by atoms with Gasteiger partial charge < -0.3 is 15.0 Å². The maximum absolute atomic E-state index is 11.8. The van der Waals surface area contributed by atoms with Gasteiger partial charge in [-0.3, -0.25) is 4.98 Å². The van der Waals surface area contributed by atoms with Gasteiger partial charge in [0.25, 0.3) is 0 Å². The van der Waals surface area contributed by atoms with Crippen molar-refractivity contribution in [2.24, 2.45) is 0 Å². The molecule has 25 heavy (non-hydrogen) atoms. The highest BCUT2D eigenvalue weighted by atomic mass is 16.5. The number of likely N-dealkylation sites (tertiary alicyclic amines) is 1. The van der Waals surface area contributed by atoms with Gasteiger partial charge in [0, 0.05) is 36.6 Å². The van der Waals surface area contributed by atoms with Crippen LogP contribution < -0.4 is 5.32 Å². The molecule has 0 radical (unpaired) electrons. The van der Waals surface area contributed by atoms with Crippen molar-refractivity contribution < 1.29 is 9.53 Å². The Morgan fingerprint density at radius 3 is 2.88 bits per heavy atom. The van der Waals surface area contributed by atoms with Gasteiger partial charge in [-0.05, 0) is 38.8 Å². The van der Waals surface area contributed by atoms with Crippen molar-refractivity contribution in [3.8, 4) is 11.5 Å². The number of carbonyl (C=O) groups is 1. The number of methoxy groups -OCH3 is 1. The number of piperidine rings is 1. The first-order chi connectivity index (χ1) is 12.1. The van der Waals surface area contributed by atoms with Crippen LogP contribution in [0.25, 0.3) is 11.5 Å². The van der Waals surface area contributed by atoms with Crippen LogP contribution in [0, 0.1) is 13.8 Å². The van der Waals surface area contributed by atoms with E-state index in [1.165, 1.54) is 7.11 Å². The predicted octanol–water partition coefficient (Wildman–Crippen LogP) is 2.80. The van der Waals surface area contributed by atoms with Crippen LogP contribution in [0.2, 0.25) is 0 Å². The van der Waals surface area contributed by atoms with Crippen LogP contribution in [0.5, 0.6) is 0 Å². The van der Waals surface area contributed by atoms with Crippen LogP contribution in [-0.4, -0.2) is 52.2 Å². The fourth-order valence-corrected chi connectivity index (χ4v) is 2.96. The van der Waals surface area contributed by atoms with Crippen LogP contribution in [0.15, 0.2) is 24.4 Å². The molecule has 3 rings (SSSR count). The van der Waals surface area contributed by atoms with E-state index in [9.17, 15) is 4.79 Å². The van der Waals surface area contributed by atoms with Gasteiger partial charge in [0.15, 0.2) is 5.82 Å². The molecule has 1 amide bonds. The lowest BCUT2D eigenvalue weighted by Crippen LogP contribution is -2.45. The van der Waals surface area contributed by atoms with E-state index < -0.39 is 0 Å². The van der Waals surface area contributed by atoms with E-state index in [2.05, 4.69) is 20.3 Å². The van der Waals surface area contributed by atoms with Crippen molar-refractivity contribution >= 4 is 11.9 Å². The highest BCUT2D eigenvalue weighted by Gasteiger charge is 2.25. The second kappa shape index (κ2) is 7.46. The van der Waals surface area contributed by atoms with Gasteiger partial charge in [0.1, 0.15) is 11.5 Å². The number of amides is 1. The molecule has 7 nitrogen and oxygen atoms in total. The molecule has 0 aliphatic carbocycles. The van der Waals surface area contributed by atoms with Gasteiger partial charge in [0.05, 0.1) is 7.11 Å². The maximum Gasteiger partial charge on any atom is 0.409 e. The van der Waals surface area contributed by atoms with E-state index in [0.717, 1.165) is 42.2 Å². The number of hydrogen-bond donors (Lipinski definition) is 1. The molecular formula is C18H23N5O2. The third kappa shape index (κ3) is 3.87. The number of hydrogen-bond acceptors (Lipinski definition) is 6. The molecule has 1 saturated heterocycles. The summed E-state index contributed by atoms with van der Waals surface area (Å²) in [5.74, 6) is 1.40. The van der Waals surface area contributed by atoms with Gasteiger partial charge in [-0.1, -0.05) is 6.07 Å². The van der Waals surface area contributed by atoms with Crippen molar-refractivity contribution in [3.05, 3.63) is 35.7 Å². The SMILES string of the molecule is COC(=O)N1CCCC(Nc2nc(-c3ccccn3)nc(C)c2C)C1. The number of aromatic nitrogens is 3. The summed E-state index contributed by atoms with van der Waals surface area (Å²) < 4.78 is 4.83. The number of ether oxygens (including phenoxy) is 1. The van der Waals surface area contributed by atoms with Crippen LogP contribution in [-0.2, 0) is 4.74 Å². The number of aryl methyl sites for hydroxylation is 1. The third-order valence-electron chi connectivity index (χ3n) is 4.48. The first kappa shape index (κ1) is 17.1. The molecule has 2 aromatic heterocycles. The highest BCUT2D eigenvalue weighted by molar-refractivity contribution is 5.67. The van der Waals surface area contributed by atoms with Crippen LogP contribution in [0.1, 0.15) is 24.1 Å². The van der Waals surface area contributed by atoms with Crippen LogP contribution in [0.4, 0.5) is 10.6 Å². The number of anilines is 1. The zero-order valence-electron chi connectivity index (χ0n) is 14.8. The normalized spacial score (nSPS) is 17.2. The molecule has 1 atom stereocenters. The zero-order chi connectivity index (χ0) is 17.8. The van der Waals surface area contributed by atoms with Crippen molar-refractivity contribution in [3.63, 3.8) is 0 Å². The molecule has 3 heterocycles. The van der Waals surface area contributed by atoms with Gasteiger partial charge >= 0.3 is 6.09 Å². The topological polar surface area (TPSA) is 80.2 Å². The molecule has 1 aliphatic rings. The highest BCUT2D eigenvalue weighted by Crippen LogP contribution is 2.23. The lowest BCUT2D eigenvalue weighted by atomic mass is 10.1. The Labute approximate surface area is 147 Å². The van der Waals surface area contributed by atoms with Crippen LogP contribution >= 0.6 is 0 Å². The van der Waals surface area contributed by atoms with Crippen molar-refractivity contribution in [1.29, 1.82) is 0 Å². The predicted molar refractivity (Wildman–Crippen MR) is 95.4 cm³/mol. The number of pyridine rings is 1. The second-order valence-corrected chi connectivity index (χ2v) is 6.22. The largest absolute Gasteiger partial charge is 0.453 e. The average molecular weight is 341 g/mol. The summed E-state index contributed by atoms with van der Waals surface area (Å²) in [6, 6.07) is 5.82. The summed E-state index contributed by atoms with van der Waals surface area (Å²) in [5, 5.41) is 3.48. The van der Waals surface area contributed by atoms with E-state index in [0.29, 0.717) is 12.4 Å². The van der Waals surface area contributed by atoms with Crippen molar-refractivity contribution in [2.75, 3.05) is 25.5 Å². The molecule has 132 valence electrons. The molecule has 1 N–H and O–H groups in total. The average Bonchev–Trinajstić information content (AvgIpc) is 2.65. The molecule has 1 fully saturated rings. The van der Waals surface area contributed by atoms with E-state index >= 15 is 0 Å². The summed E-state index contributed by atoms with van der Waals surface area (Å²) in [6.45, 7) is 5.30. The molecule has 0 spiro atoms. The number of nitrogens with zero attached hydrogens (tertiary/aromatic N) is 4. The lowest BCUT2D eigenvalue weighted by Gasteiger charge is -2.32. The molecule has 0 bridgehead atoms. The Kier molecular flexibility index (Phi) is 5.11. The summed E-state index contributed by atoms with van der Waals surface area (Å²) in [5.41, 5.74) is 2.67. The van der Waals surface area contributed by atoms with E-state index in [1.54, 1.807) is 11.1 Å². The van der Waals surface area contributed by atoms with E-state index in [1.807, 2.05) is 32.0 Å². The fraction of sp³-hybridized carbons (Fsp3) is 0.444. The number of carbonyl (C=O) groups excluding carboxylic acids is 1. The molecule has 0 aromatic carbocycles. The second-order valence-electron chi connectivity index (χ2n) is 6.22. The van der Waals surface area contributed by atoms with Gasteiger partial charge in [0.2, 0.25) is 0 Å². The minimum Gasteiger partial charge on any atom is -0.453 e. The molecule has 2 aromatic rings. The minimum absolute atomic E-state index is 0.137. The summed E-state index contributed by atoms with van der Waals surface area (Å²) in [4.78, 5) is 27.0.